The maximum absolute atomic E-state index is 11.0. The number of hydrogen-bond acceptors (Lipinski definition) is 5. The van der Waals surface area contributed by atoms with Gasteiger partial charge in [0.25, 0.3) is 5.69 Å². The van der Waals surface area contributed by atoms with Crippen molar-refractivity contribution in [3.8, 4) is 5.75 Å². The summed E-state index contributed by atoms with van der Waals surface area (Å²) in [7, 11) is 0. The lowest BCUT2D eigenvalue weighted by Gasteiger charge is -2.11. The van der Waals surface area contributed by atoms with Crippen molar-refractivity contribution < 1.29 is 19.6 Å². The van der Waals surface area contributed by atoms with Crippen molar-refractivity contribution in [2.45, 2.75) is 36.8 Å². The molecule has 0 aliphatic heterocycles. The Morgan fingerprint density at radius 1 is 1.45 bits per heavy atom. The van der Waals surface area contributed by atoms with Crippen LogP contribution in [-0.4, -0.2) is 27.9 Å². The van der Waals surface area contributed by atoms with Crippen molar-refractivity contribution in [1.29, 1.82) is 0 Å². The number of carbonyl (C=O) groups is 1. The maximum atomic E-state index is 11.0. The first-order chi connectivity index (χ1) is 9.47. The Bertz CT molecular complexity index is 492. The summed E-state index contributed by atoms with van der Waals surface area (Å²) in [6.07, 6.45) is 1.23. The second-order valence-electron chi connectivity index (χ2n) is 4.12. The summed E-state index contributed by atoms with van der Waals surface area (Å²) in [4.78, 5) is 21.9. The van der Waals surface area contributed by atoms with Crippen LogP contribution in [0.4, 0.5) is 5.69 Å². The number of nitrogens with zero attached hydrogens (tertiary/aromatic N) is 1. The predicted molar refractivity (Wildman–Crippen MR) is 76.5 cm³/mol. The monoisotopic (exact) mass is 299 g/mol. The predicted octanol–water partition coefficient (Wildman–Crippen LogP) is 3.34. The molecule has 110 valence electrons. The first-order valence-corrected chi connectivity index (χ1v) is 7.17. The van der Waals surface area contributed by atoms with E-state index >= 15 is 0 Å². The fourth-order valence-electron chi connectivity index (χ4n) is 1.51. The molecule has 6 nitrogen and oxygen atoms in total. The molecule has 1 unspecified atom stereocenters. The van der Waals surface area contributed by atoms with Gasteiger partial charge in [-0.15, -0.1) is 11.8 Å². The van der Waals surface area contributed by atoms with Crippen molar-refractivity contribution in [3.05, 3.63) is 28.3 Å². The van der Waals surface area contributed by atoms with Gasteiger partial charge in [0.15, 0.2) is 0 Å². The Balaban J connectivity index is 3.01. The normalized spacial score (nSPS) is 11.9. The van der Waals surface area contributed by atoms with Crippen LogP contribution in [0.5, 0.6) is 5.75 Å². The minimum atomic E-state index is -0.931. The molecule has 0 aliphatic rings. The van der Waals surface area contributed by atoms with Gasteiger partial charge in [-0.25, -0.2) is 0 Å². The minimum absolute atomic E-state index is 0.0960. The molecule has 1 N–H and O–H groups in total. The van der Waals surface area contributed by atoms with Crippen molar-refractivity contribution in [1.82, 2.24) is 0 Å². The number of thioether (sulfide) groups is 1. The van der Waals surface area contributed by atoms with E-state index in [9.17, 15) is 14.9 Å². The number of nitro benzene ring substituents is 1. The van der Waals surface area contributed by atoms with Gasteiger partial charge in [-0.05, 0) is 18.9 Å². The van der Waals surface area contributed by atoms with Gasteiger partial charge in [0, 0.05) is 11.0 Å². The third kappa shape index (κ3) is 4.73. The van der Waals surface area contributed by atoms with E-state index in [4.69, 9.17) is 9.84 Å². The van der Waals surface area contributed by atoms with Gasteiger partial charge in [-0.2, -0.15) is 0 Å². The zero-order valence-electron chi connectivity index (χ0n) is 11.4. The maximum Gasteiger partial charge on any atom is 0.316 e. The van der Waals surface area contributed by atoms with Gasteiger partial charge >= 0.3 is 5.97 Å². The van der Waals surface area contributed by atoms with E-state index in [1.54, 1.807) is 13.0 Å². The summed E-state index contributed by atoms with van der Waals surface area (Å²) in [5, 5.41) is 19.3. The molecule has 1 rings (SSSR count). The van der Waals surface area contributed by atoms with Crippen LogP contribution in [0, 0.1) is 10.1 Å². The van der Waals surface area contributed by atoms with E-state index in [1.165, 1.54) is 12.1 Å². The fourth-order valence-corrected chi connectivity index (χ4v) is 2.48. The SMILES string of the molecule is CCCOc1cc(SC(CC)C(=O)O)cc([N+](=O)[O-])c1. The molecule has 0 saturated carbocycles. The molecule has 1 atom stereocenters. The Kier molecular flexibility index (Phi) is 6.30. The zero-order chi connectivity index (χ0) is 15.1. The molecule has 0 amide bonds. The number of aliphatic carboxylic acids is 1. The number of non-ortho nitro benzene ring substituents is 1. The molecule has 0 spiro atoms. The van der Waals surface area contributed by atoms with Crippen LogP contribution in [0.1, 0.15) is 26.7 Å². The first-order valence-electron chi connectivity index (χ1n) is 6.29. The quantitative estimate of drug-likeness (QED) is 0.450. The van der Waals surface area contributed by atoms with Crippen molar-refractivity contribution >= 4 is 23.4 Å². The lowest BCUT2D eigenvalue weighted by Crippen LogP contribution is -2.14. The third-order valence-corrected chi connectivity index (χ3v) is 3.80. The molecule has 7 heteroatoms. The lowest BCUT2D eigenvalue weighted by atomic mass is 10.3. The summed E-state index contributed by atoms with van der Waals surface area (Å²) >= 11 is 1.09. The Morgan fingerprint density at radius 2 is 2.15 bits per heavy atom. The largest absolute Gasteiger partial charge is 0.493 e. The summed E-state index contributed by atoms with van der Waals surface area (Å²) in [6.45, 7) is 4.16. The topological polar surface area (TPSA) is 89.7 Å². The third-order valence-electron chi connectivity index (χ3n) is 2.47. The smallest absolute Gasteiger partial charge is 0.316 e. The summed E-state index contributed by atoms with van der Waals surface area (Å²) in [5.74, 6) is -0.538. The molecule has 1 aromatic rings. The Labute approximate surface area is 121 Å². The van der Waals surface area contributed by atoms with Crippen molar-refractivity contribution in [3.63, 3.8) is 0 Å². The van der Waals surface area contributed by atoms with E-state index in [0.29, 0.717) is 23.7 Å². The van der Waals surface area contributed by atoms with Gasteiger partial charge in [0.2, 0.25) is 0 Å². The van der Waals surface area contributed by atoms with Crippen molar-refractivity contribution in [2.24, 2.45) is 0 Å². The fraction of sp³-hybridized carbons (Fsp3) is 0.462. The van der Waals surface area contributed by atoms with Crippen LogP contribution < -0.4 is 4.74 Å². The van der Waals surface area contributed by atoms with Crippen LogP contribution in [-0.2, 0) is 4.79 Å². The van der Waals surface area contributed by atoms with E-state index in [2.05, 4.69) is 0 Å². The van der Waals surface area contributed by atoms with Crippen LogP contribution in [0.2, 0.25) is 0 Å². The molecule has 0 aliphatic carbocycles. The highest BCUT2D eigenvalue weighted by atomic mass is 32.2. The number of carboxylic acid groups (broad SMARTS) is 1. The number of rotatable bonds is 8. The minimum Gasteiger partial charge on any atom is -0.493 e. The molecular weight excluding hydrogens is 282 g/mol. The Hall–Kier alpha value is -1.76. The zero-order valence-corrected chi connectivity index (χ0v) is 12.2. The number of nitro groups is 1. The van der Waals surface area contributed by atoms with E-state index in [0.717, 1.165) is 18.2 Å². The average Bonchev–Trinajstić information content (AvgIpc) is 2.41. The average molecular weight is 299 g/mol. The van der Waals surface area contributed by atoms with Crippen LogP contribution in [0.25, 0.3) is 0 Å². The van der Waals surface area contributed by atoms with Crippen LogP contribution in [0.3, 0.4) is 0 Å². The first kappa shape index (κ1) is 16.3. The molecule has 0 heterocycles. The molecule has 1 aromatic carbocycles. The highest BCUT2D eigenvalue weighted by Gasteiger charge is 2.19. The number of carboxylic acids is 1. The highest BCUT2D eigenvalue weighted by Crippen LogP contribution is 2.32. The molecule has 0 radical (unpaired) electrons. The van der Waals surface area contributed by atoms with Gasteiger partial charge in [-0.3, -0.25) is 14.9 Å². The summed E-state index contributed by atoms with van der Waals surface area (Å²) in [6, 6.07) is 4.36. The van der Waals surface area contributed by atoms with Crippen LogP contribution >= 0.6 is 11.8 Å². The van der Waals surface area contributed by atoms with Gasteiger partial charge in [-0.1, -0.05) is 13.8 Å². The summed E-state index contributed by atoms with van der Waals surface area (Å²) < 4.78 is 5.40. The second-order valence-corrected chi connectivity index (χ2v) is 5.40. The van der Waals surface area contributed by atoms with E-state index in [-0.39, 0.29) is 5.69 Å². The highest BCUT2D eigenvalue weighted by molar-refractivity contribution is 8.00. The molecule has 0 saturated heterocycles. The van der Waals surface area contributed by atoms with Gasteiger partial charge in [0.1, 0.15) is 11.0 Å². The van der Waals surface area contributed by atoms with Crippen molar-refractivity contribution in [2.75, 3.05) is 6.61 Å². The van der Waals surface area contributed by atoms with Gasteiger partial charge in [0.05, 0.1) is 17.6 Å². The molecular formula is C13H17NO5S. The van der Waals surface area contributed by atoms with E-state index < -0.39 is 16.1 Å². The lowest BCUT2D eigenvalue weighted by molar-refractivity contribution is -0.385. The summed E-state index contributed by atoms with van der Waals surface area (Å²) in [5.41, 5.74) is -0.0960. The molecule has 0 aromatic heterocycles. The molecule has 0 fully saturated rings. The molecule has 0 bridgehead atoms. The Morgan fingerprint density at radius 3 is 2.65 bits per heavy atom. The number of hydrogen-bond donors (Lipinski definition) is 1. The van der Waals surface area contributed by atoms with Gasteiger partial charge < -0.3 is 9.84 Å². The van der Waals surface area contributed by atoms with E-state index in [1.807, 2.05) is 6.92 Å². The number of benzene rings is 1. The standard InChI is InChI=1S/C13H17NO5S/c1-3-5-19-10-6-9(14(17)18)7-11(8-10)20-12(4-2)13(15)16/h6-8,12H,3-5H2,1-2H3,(H,15,16). The number of ether oxygens (including phenoxy) is 1. The van der Waals surface area contributed by atoms with Crippen LogP contribution in [0.15, 0.2) is 23.1 Å². The molecule has 20 heavy (non-hydrogen) atoms. The second kappa shape index (κ2) is 7.74.